The molecule has 1 atom stereocenters. The first-order chi connectivity index (χ1) is 12.8. The summed E-state index contributed by atoms with van der Waals surface area (Å²) in [5, 5.41) is 4.02. The molecule has 27 heavy (non-hydrogen) atoms. The number of hydrogen-bond acceptors (Lipinski definition) is 4. The number of primary amides is 1. The van der Waals surface area contributed by atoms with Gasteiger partial charge in [0, 0.05) is 21.7 Å². The topological polar surface area (TPSA) is 90.7 Å². The minimum Gasteiger partial charge on any atom is -0.493 e. The molecule has 0 radical (unpaired) electrons. The monoisotopic (exact) mass is 410 g/mol. The Labute approximate surface area is 167 Å². The first-order valence-corrected chi connectivity index (χ1v) is 8.89. The number of ether oxygens (including phenoxy) is 2. The SMILES string of the molecule is COc1cc(C(=O)N[C@@H](C)Cc2ccc(Cl)cc2Cl)ccc1OCC(N)=O. The summed E-state index contributed by atoms with van der Waals surface area (Å²) in [4.78, 5) is 23.3. The van der Waals surface area contributed by atoms with E-state index in [1.807, 2.05) is 13.0 Å². The lowest BCUT2D eigenvalue weighted by Gasteiger charge is -2.16. The largest absolute Gasteiger partial charge is 0.493 e. The number of carbonyl (C=O) groups is 2. The quantitative estimate of drug-likeness (QED) is 0.698. The Morgan fingerprint density at radius 2 is 1.89 bits per heavy atom. The number of amides is 2. The fourth-order valence-corrected chi connectivity index (χ4v) is 2.94. The lowest BCUT2D eigenvalue weighted by atomic mass is 10.1. The number of nitrogens with one attached hydrogen (secondary N) is 1. The van der Waals surface area contributed by atoms with E-state index in [0.29, 0.717) is 33.5 Å². The molecule has 0 unspecified atom stereocenters. The molecule has 0 saturated carbocycles. The van der Waals surface area contributed by atoms with E-state index >= 15 is 0 Å². The van der Waals surface area contributed by atoms with Gasteiger partial charge >= 0.3 is 0 Å². The molecule has 0 aliphatic carbocycles. The summed E-state index contributed by atoms with van der Waals surface area (Å²) in [6.07, 6.45) is 0.554. The second-order valence-electron chi connectivity index (χ2n) is 5.93. The van der Waals surface area contributed by atoms with E-state index in [-0.39, 0.29) is 18.6 Å². The Hall–Kier alpha value is -2.44. The van der Waals surface area contributed by atoms with Crippen LogP contribution in [0.4, 0.5) is 0 Å². The Kier molecular flexibility index (Phi) is 7.33. The van der Waals surface area contributed by atoms with Gasteiger partial charge < -0.3 is 20.5 Å². The van der Waals surface area contributed by atoms with E-state index in [1.165, 1.54) is 13.2 Å². The Morgan fingerprint density at radius 3 is 2.52 bits per heavy atom. The Balaban J connectivity index is 2.04. The van der Waals surface area contributed by atoms with E-state index in [4.69, 9.17) is 38.4 Å². The molecule has 2 amide bonds. The van der Waals surface area contributed by atoms with Crippen molar-refractivity contribution < 1.29 is 19.1 Å². The number of halogens is 2. The molecule has 0 aromatic heterocycles. The molecule has 0 spiro atoms. The van der Waals surface area contributed by atoms with Crippen molar-refractivity contribution in [2.45, 2.75) is 19.4 Å². The highest BCUT2D eigenvalue weighted by Crippen LogP contribution is 2.28. The van der Waals surface area contributed by atoms with Crippen LogP contribution in [0.5, 0.6) is 11.5 Å². The molecule has 144 valence electrons. The third-order valence-electron chi connectivity index (χ3n) is 3.71. The van der Waals surface area contributed by atoms with Crippen molar-refractivity contribution in [2.24, 2.45) is 5.73 Å². The molecule has 0 aliphatic heterocycles. The van der Waals surface area contributed by atoms with Crippen molar-refractivity contribution in [3.8, 4) is 11.5 Å². The van der Waals surface area contributed by atoms with E-state index in [9.17, 15) is 9.59 Å². The van der Waals surface area contributed by atoms with Gasteiger partial charge in [0.2, 0.25) is 0 Å². The molecule has 0 heterocycles. The third kappa shape index (κ3) is 6.05. The lowest BCUT2D eigenvalue weighted by Crippen LogP contribution is -2.34. The highest BCUT2D eigenvalue weighted by atomic mass is 35.5. The predicted molar refractivity (Wildman–Crippen MR) is 105 cm³/mol. The Morgan fingerprint density at radius 1 is 1.15 bits per heavy atom. The minimum absolute atomic E-state index is 0.159. The highest BCUT2D eigenvalue weighted by molar-refractivity contribution is 6.35. The van der Waals surface area contributed by atoms with Gasteiger partial charge in [-0.15, -0.1) is 0 Å². The molecule has 0 aliphatic rings. The second-order valence-corrected chi connectivity index (χ2v) is 6.78. The molecule has 3 N–H and O–H groups in total. The highest BCUT2D eigenvalue weighted by Gasteiger charge is 2.15. The van der Waals surface area contributed by atoms with Crippen LogP contribution in [-0.2, 0) is 11.2 Å². The summed E-state index contributed by atoms with van der Waals surface area (Å²) in [7, 11) is 1.44. The minimum atomic E-state index is -0.603. The van der Waals surface area contributed by atoms with Gasteiger partial charge in [-0.3, -0.25) is 9.59 Å². The van der Waals surface area contributed by atoms with Crippen molar-refractivity contribution >= 4 is 35.0 Å². The molecule has 2 rings (SSSR count). The summed E-state index contributed by atoms with van der Waals surface area (Å²) >= 11 is 12.1. The number of nitrogens with two attached hydrogens (primary N) is 1. The van der Waals surface area contributed by atoms with Gasteiger partial charge in [-0.05, 0) is 49.2 Å². The molecule has 0 fully saturated rings. The van der Waals surface area contributed by atoms with Crippen LogP contribution in [0.3, 0.4) is 0 Å². The van der Waals surface area contributed by atoms with Crippen molar-refractivity contribution in [3.05, 3.63) is 57.6 Å². The van der Waals surface area contributed by atoms with Crippen LogP contribution in [0.15, 0.2) is 36.4 Å². The molecular weight excluding hydrogens is 391 g/mol. The van der Waals surface area contributed by atoms with Gasteiger partial charge in [0.15, 0.2) is 18.1 Å². The maximum Gasteiger partial charge on any atom is 0.255 e. The fraction of sp³-hybridized carbons (Fsp3) is 0.263. The van der Waals surface area contributed by atoms with Gasteiger partial charge in [0.25, 0.3) is 11.8 Å². The van der Waals surface area contributed by atoms with E-state index in [2.05, 4.69) is 5.32 Å². The normalized spacial score (nSPS) is 11.6. The van der Waals surface area contributed by atoms with Crippen molar-refractivity contribution in [3.63, 3.8) is 0 Å². The van der Waals surface area contributed by atoms with E-state index < -0.39 is 5.91 Å². The van der Waals surface area contributed by atoms with Gasteiger partial charge in [-0.1, -0.05) is 29.3 Å². The van der Waals surface area contributed by atoms with Crippen LogP contribution in [0, 0.1) is 0 Å². The van der Waals surface area contributed by atoms with Crippen LogP contribution in [0.1, 0.15) is 22.8 Å². The van der Waals surface area contributed by atoms with Crippen LogP contribution >= 0.6 is 23.2 Å². The van der Waals surface area contributed by atoms with Gasteiger partial charge in [0.05, 0.1) is 7.11 Å². The Bertz CT molecular complexity index is 842. The maximum absolute atomic E-state index is 12.5. The first kappa shape index (κ1) is 20.9. The van der Waals surface area contributed by atoms with Crippen LogP contribution < -0.4 is 20.5 Å². The molecule has 8 heteroatoms. The summed E-state index contributed by atoms with van der Waals surface area (Å²) in [5.74, 6) is -0.216. The third-order valence-corrected chi connectivity index (χ3v) is 4.30. The maximum atomic E-state index is 12.5. The number of methoxy groups -OCH3 is 1. The molecule has 2 aromatic carbocycles. The first-order valence-electron chi connectivity index (χ1n) is 8.14. The molecule has 6 nitrogen and oxygen atoms in total. The zero-order valence-electron chi connectivity index (χ0n) is 14.9. The summed E-state index contributed by atoms with van der Waals surface area (Å²) in [5.41, 5.74) is 6.35. The second kappa shape index (κ2) is 9.48. The van der Waals surface area contributed by atoms with E-state index in [0.717, 1.165) is 5.56 Å². The van der Waals surface area contributed by atoms with Gasteiger partial charge in [-0.25, -0.2) is 0 Å². The van der Waals surface area contributed by atoms with Crippen molar-refractivity contribution in [1.29, 1.82) is 0 Å². The number of benzene rings is 2. The average Bonchev–Trinajstić information content (AvgIpc) is 2.62. The zero-order chi connectivity index (χ0) is 20.0. The van der Waals surface area contributed by atoms with Crippen LogP contribution in [-0.4, -0.2) is 31.6 Å². The average molecular weight is 411 g/mol. The molecule has 0 bridgehead atoms. The van der Waals surface area contributed by atoms with E-state index in [1.54, 1.807) is 24.3 Å². The van der Waals surface area contributed by atoms with Crippen molar-refractivity contribution in [2.75, 3.05) is 13.7 Å². The van der Waals surface area contributed by atoms with Crippen molar-refractivity contribution in [1.82, 2.24) is 5.32 Å². The molecule has 2 aromatic rings. The number of rotatable bonds is 8. The fourth-order valence-electron chi connectivity index (χ4n) is 2.45. The zero-order valence-corrected chi connectivity index (χ0v) is 16.4. The lowest BCUT2D eigenvalue weighted by molar-refractivity contribution is -0.119. The number of hydrogen-bond donors (Lipinski definition) is 2. The smallest absolute Gasteiger partial charge is 0.255 e. The van der Waals surface area contributed by atoms with Crippen LogP contribution in [0.2, 0.25) is 10.0 Å². The van der Waals surface area contributed by atoms with Gasteiger partial charge in [0.1, 0.15) is 0 Å². The summed E-state index contributed by atoms with van der Waals surface area (Å²) in [6, 6.07) is 9.77. The summed E-state index contributed by atoms with van der Waals surface area (Å²) in [6.45, 7) is 1.60. The summed E-state index contributed by atoms with van der Waals surface area (Å²) < 4.78 is 10.5. The number of carbonyl (C=O) groups excluding carboxylic acids is 2. The van der Waals surface area contributed by atoms with Crippen LogP contribution in [0.25, 0.3) is 0 Å². The molecule has 0 saturated heterocycles. The molecular formula is C19H20Cl2N2O4. The standard InChI is InChI=1S/C19H20Cl2N2O4/c1-11(7-12-3-5-14(20)9-15(12)21)23-19(25)13-4-6-16(17(8-13)26-2)27-10-18(22)24/h3-6,8-9,11H,7,10H2,1-2H3,(H2,22,24)(H,23,25)/t11-/m0/s1. The van der Waals surface area contributed by atoms with Gasteiger partial charge in [-0.2, -0.15) is 0 Å². The predicted octanol–water partition coefficient (Wildman–Crippen LogP) is 3.23.